The van der Waals surface area contributed by atoms with Crippen LogP contribution in [0, 0.1) is 0 Å². The van der Waals surface area contributed by atoms with Gasteiger partial charge in [0.05, 0.1) is 19.4 Å². The quantitative estimate of drug-likeness (QED) is 0.300. The first kappa shape index (κ1) is 21.5. The predicted octanol–water partition coefficient (Wildman–Crippen LogP) is -4.85. The van der Waals surface area contributed by atoms with Gasteiger partial charge in [-0.05, 0) is 17.7 Å². The summed E-state index contributed by atoms with van der Waals surface area (Å²) in [6, 6.07) is 3.98. The van der Waals surface area contributed by atoms with E-state index in [1.165, 1.54) is 36.1 Å². The number of quaternary nitrogens is 1. The Bertz CT molecular complexity index is 1080. The average Bonchev–Trinajstić information content (AvgIpc) is 3.04. The van der Waals surface area contributed by atoms with Gasteiger partial charge in [-0.25, -0.2) is 9.78 Å². The highest BCUT2D eigenvalue weighted by atomic mass is 35.5. The molecule has 0 aliphatic rings. The van der Waals surface area contributed by atoms with E-state index in [4.69, 9.17) is 0 Å². The van der Waals surface area contributed by atoms with Crippen LogP contribution in [0.5, 0.6) is 11.5 Å². The molecule has 0 aliphatic carbocycles. The summed E-state index contributed by atoms with van der Waals surface area (Å²) in [5.41, 5.74) is 0.271. The molecule has 0 fully saturated rings. The summed E-state index contributed by atoms with van der Waals surface area (Å²) in [6.45, 7) is 1.33. The number of aliphatic hydroxyl groups excluding tert-OH is 1. The maximum Gasteiger partial charge on any atom is 0.332 e. The molecule has 1 unspecified atom stereocenters. The zero-order chi connectivity index (χ0) is 19.7. The number of rotatable bonds is 6. The van der Waals surface area contributed by atoms with Crippen molar-refractivity contribution in [3.8, 4) is 11.5 Å². The van der Waals surface area contributed by atoms with Crippen LogP contribution in [-0.4, -0.2) is 47.1 Å². The van der Waals surface area contributed by atoms with Crippen molar-refractivity contribution in [3.05, 3.63) is 50.9 Å². The molecule has 0 saturated heterocycles. The fourth-order valence-corrected chi connectivity index (χ4v) is 3.02. The number of hydrogen-bond donors (Lipinski definition) is 4. The van der Waals surface area contributed by atoms with Crippen molar-refractivity contribution in [1.82, 2.24) is 18.7 Å². The standard InChI is InChI=1S/C17H21N5O5.ClH/c1-20-15-14(16(26)21(2)17(20)27)22(9-19-15)4-3-18-8-13(25)10-5-11(23)7-12(24)6-10;/h5-7,9,13,18,23-25H,3-4,8H2,1-2H3;1H. The van der Waals surface area contributed by atoms with Crippen LogP contribution >= 0.6 is 0 Å². The molecule has 5 N–H and O–H groups in total. The Morgan fingerprint density at radius 3 is 2.39 bits per heavy atom. The zero-order valence-electron chi connectivity index (χ0n) is 15.4. The van der Waals surface area contributed by atoms with Crippen molar-refractivity contribution in [1.29, 1.82) is 0 Å². The third-order valence-electron chi connectivity index (χ3n) is 4.49. The minimum atomic E-state index is -0.865. The van der Waals surface area contributed by atoms with E-state index < -0.39 is 17.4 Å². The van der Waals surface area contributed by atoms with Gasteiger partial charge >= 0.3 is 5.69 Å². The summed E-state index contributed by atoms with van der Waals surface area (Å²) in [4.78, 5) is 28.5. The van der Waals surface area contributed by atoms with E-state index in [2.05, 4.69) is 4.98 Å². The topological polar surface area (TPSA) is 139 Å². The van der Waals surface area contributed by atoms with E-state index in [1.807, 2.05) is 5.32 Å². The van der Waals surface area contributed by atoms with E-state index in [-0.39, 0.29) is 23.9 Å². The Balaban J connectivity index is 0.00000280. The minimum absolute atomic E-state index is 0. The second-order valence-corrected chi connectivity index (χ2v) is 6.43. The SMILES string of the molecule is Cn1c(=O)c2c(ncn2CC[NH2+]CC(O)c2cc(O)cc(O)c2)n(C)c1=O.[Cl-]. The van der Waals surface area contributed by atoms with Crippen molar-refractivity contribution < 1.29 is 33.0 Å². The molecule has 0 saturated carbocycles. The van der Waals surface area contributed by atoms with E-state index in [1.54, 1.807) is 11.6 Å². The normalized spacial score (nSPS) is 12.1. The van der Waals surface area contributed by atoms with Gasteiger partial charge in [0.25, 0.3) is 5.56 Å². The van der Waals surface area contributed by atoms with Gasteiger partial charge in [-0.2, -0.15) is 0 Å². The third kappa shape index (κ3) is 4.03. The molecule has 28 heavy (non-hydrogen) atoms. The summed E-state index contributed by atoms with van der Waals surface area (Å²) in [5.74, 6) is -0.231. The number of aromatic hydroxyl groups is 2. The van der Waals surface area contributed by atoms with E-state index in [0.29, 0.717) is 36.4 Å². The van der Waals surface area contributed by atoms with E-state index >= 15 is 0 Å². The molecule has 11 heteroatoms. The molecule has 3 aromatic rings. The molecule has 2 heterocycles. The molecule has 0 spiro atoms. The van der Waals surface area contributed by atoms with Gasteiger partial charge in [-0.15, -0.1) is 0 Å². The number of fused-ring (bicyclic) bond motifs is 1. The molecular formula is C17H22ClN5O5. The predicted molar refractivity (Wildman–Crippen MR) is 96.6 cm³/mol. The van der Waals surface area contributed by atoms with Crippen molar-refractivity contribution in [2.24, 2.45) is 14.1 Å². The molecule has 3 rings (SSSR count). The van der Waals surface area contributed by atoms with Gasteiger partial charge in [0.1, 0.15) is 24.1 Å². The van der Waals surface area contributed by atoms with Crippen LogP contribution in [0.3, 0.4) is 0 Å². The Morgan fingerprint density at radius 1 is 1.11 bits per heavy atom. The van der Waals surface area contributed by atoms with Crippen LogP contribution in [0.15, 0.2) is 34.1 Å². The third-order valence-corrected chi connectivity index (χ3v) is 4.49. The fourth-order valence-electron chi connectivity index (χ4n) is 3.02. The van der Waals surface area contributed by atoms with Crippen molar-refractivity contribution in [2.45, 2.75) is 12.6 Å². The van der Waals surface area contributed by atoms with E-state index in [0.717, 1.165) is 4.57 Å². The lowest BCUT2D eigenvalue weighted by atomic mass is 10.1. The molecule has 152 valence electrons. The minimum Gasteiger partial charge on any atom is -1.00 e. The lowest BCUT2D eigenvalue weighted by Crippen LogP contribution is -3.00. The number of nitrogens with zero attached hydrogens (tertiary/aromatic N) is 4. The number of nitrogens with two attached hydrogens (primary N) is 1. The molecule has 0 bridgehead atoms. The largest absolute Gasteiger partial charge is 1.00 e. The second-order valence-electron chi connectivity index (χ2n) is 6.43. The van der Waals surface area contributed by atoms with Gasteiger partial charge in [0.15, 0.2) is 11.2 Å². The summed E-state index contributed by atoms with van der Waals surface area (Å²) >= 11 is 0. The molecule has 2 aromatic heterocycles. The number of phenolic OH excluding ortho intramolecular Hbond substituents is 2. The maximum atomic E-state index is 12.4. The summed E-state index contributed by atoms with van der Waals surface area (Å²) < 4.78 is 4.05. The van der Waals surface area contributed by atoms with Crippen LogP contribution < -0.4 is 29.0 Å². The number of imidazole rings is 1. The molecule has 1 aromatic carbocycles. The molecular weight excluding hydrogens is 390 g/mol. The highest BCUT2D eigenvalue weighted by Crippen LogP contribution is 2.24. The first-order valence-corrected chi connectivity index (χ1v) is 8.43. The van der Waals surface area contributed by atoms with Crippen LogP contribution in [0.1, 0.15) is 11.7 Å². The first-order chi connectivity index (χ1) is 12.8. The Kier molecular flexibility index (Phi) is 6.49. The molecule has 1 atom stereocenters. The number of hydrogen-bond acceptors (Lipinski definition) is 6. The lowest BCUT2D eigenvalue weighted by Gasteiger charge is -2.11. The number of halogens is 1. The monoisotopic (exact) mass is 411 g/mol. The van der Waals surface area contributed by atoms with Crippen molar-refractivity contribution in [2.75, 3.05) is 13.1 Å². The van der Waals surface area contributed by atoms with Crippen LogP contribution in [0.25, 0.3) is 11.2 Å². The number of benzene rings is 1. The average molecular weight is 412 g/mol. The van der Waals surface area contributed by atoms with Gasteiger partial charge < -0.3 is 37.6 Å². The highest BCUT2D eigenvalue weighted by molar-refractivity contribution is 5.69. The smallest absolute Gasteiger partial charge is 0.332 e. The second kappa shape index (κ2) is 8.46. The highest BCUT2D eigenvalue weighted by Gasteiger charge is 2.15. The number of aryl methyl sites for hydroxylation is 1. The lowest BCUT2D eigenvalue weighted by molar-refractivity contribution is -0.662. The fraction of sp³-hybridized carbons (Fsp3) is 0.353. The zero-order valence-corrected chi connectivity index (χ0v) is 16.2. The first-order valence-electron chi connectivity index (χ1n) is 8.43. The summed E-state index contributed by atoms with van der Waals surface area (Å²) in [5, 5.41) is 31.0. The van der Waals surface area contributed by atoms with Crippen LogP contribution in [0.2, 0.25) is 0 Å². The van der Waals surface area contributed by atoms with Gasteiger partial charge in [-0.1, -0.05) is 0 Å². The van der Waals surface area contributed by atoms with Crippen LogP contribution in [0.4, 0.5) is 0 Å². The Hall–Kier alpha value is -2.82. The number of aliphatic hydroxyl groups is 1. The molecule has 0 amide bonds. The molecule has 10 nitrogen and oxygen atoms in total. The Labute approximate surface area is 165 Å². The van der Waals surface area contributed by atoms with Crippen molar-refractivity contribution in [3.63, 3.8) is 0 Å². The number of aromatic nitrogens is 4. The van der Waals surface area contributed by atoms with Gasteiger partial charge in [0, 0.05) is 20.2 Å². The summed E-state index contributed by atoms with van der Waals surface area (Å²) in [7, 11) is 2.99. The van der Waals surface area contributed by atoms with Gasteiger partial charge in [0.2, 0.25) is 0 Å². The number of phenols is 2. The summed E-state index contributed by atoms with van der Waals surface area (Å²) in [6.07, 6.45) is 0.652. The van der Waals surface area contributed by atoms with Crippen LogP contribution in [-0.2, 0) is 20.6 Å². The Morgan fingerprint density at radius 2 is 1.75 bits per heavy atom. The molecule has 0 radical (unpaired) electrons. The van der Waals surface area contributed by atoms with Crippen molar-refractivity contribution >= 4 is 11.2 Å². The van der Waals surface area contributed by atoms with E-state index in [9.17, 15) is 24.9 Å². The molecule has 0 aliphatic heterocycles. The van der Waals surface area contributed by atoms with Gasteiger partial charge in [-0.3, -0.25) is 13.9 Å². The maximum absolute atomic E-state index is 12.4.